The van der Waals surface area contributed by atoms with Crippen molar-refractivity contribution in [2.45, 2.75) is 31.0 Å². The van der Waals surface area contributed by atoms with Crippen LogP contribution in [0, 0.1) is 0 Å². The molecule has 1 aliphatic rings. The Hall–Kier alpha value is -1.76. The van der Waals surface area contributed by atoms with Crippen LogP contribution in [0.4, 0.5) is 36.7 Å². The van der Waals surface area contributed by atoms with Gasteiger partial charge in [-0.2, -0.15) is 31.3 Å². The van der Waals surface area contributed by atoms with Gasteiger partial charge in [-0.1, -0.05) is 0 Å². The molecule has 0 aromatic carbocycles. The molecule has 2 rings (SSSR count). The monoisotopic (exact) mass is 392 g/mol. The van der Waals surface area contributed by atoms with Crippen LogP contribution in [-0.4, -0.2) is 37.4 Å². The van der Waals surface area contributed by atoms with Crippen molar-refractivity contribution in [3.05, 3.63) is 29.0 Å². The molecule has 0 saturated carbocycles. The lowest BCUT2D eigenvalue weighted by Gasteiger charge is -2.32. The first-order valence-corrected chi connectivity index (χ1v) is 7.86. The van der Waals surface area contributed by atoms with E-state index in [0.29, 0.717) is 4.68 Å². The summed E-state index contributed by atoms with van der Waals surface area (Å²) in [5, 5.41) is 3.11. The zero-order valence-electron chi connectivity index (χ0n) is 12.4. The van der Waals surface area contributed by atoms with E-state index in [2.05, 4.69) is 10.1 Å². The summed E-state index contributed by atoms with van der Waals surface area (Å²) in [7, 11) is 0. The lowest BCUT2D eigenvalue weighted by atomic mass is 9.91. The third-order valence-electron chi connectivity index (χ3n) is 3.32. The summed E-state index contributed by atoms with van der Waals surface area (Å²) in [5.41, 5.74) is 3.33. The Morgan fingerprint density at radius 3 is 2.40 bits per heavy atom. The molecule has 25 heavy (non-hydrogen) atoms. The number of anilines is 1. The topological polar surface area (TPSA) is 79.8 Å². The summed E-state index contributed by atoms with van der Waals surface area (Å²) in [4.78, 5) is 2.59. The first-order valence-electron chi connectivity index (χ1n) is 6.54. The average Bonchev–Trinajstić information content (AvgIpc) is 2.82. The molecule has 0 fully saturated rings. The molecule has 1 aliphatic carbocycles. The van der Waals surface area contributed by atoms with Crippen molar-refractivity contribution in [1.82, 2.24) is 14.8 Å². The maximum absolute atomic E-state index is 14.3. The van der Waals surface area contributed by atoms with Gasteiger partial charge in [-0.25, -0.2) is 9.07 Å². The third kappa shape index (κ3) is 4.08. The van der Waals surface area contributed by atoms with Crippen molar-refractivity contribution in [3.63, 3.8) is 0 Å². The minimum Gasteiger partial charge on any atom is -0.611 e. The quantitative estimate of drug-likeness (QED) is 0.634. The molecule has 0 spiro atoms. The van der Waals surface area contributed by atoms with Gasteiger partial charge in [-0.3, -0.25) is 0 Å². The van der Waals surface area contributed by atoms with Crippen LogP contribution < -0.4 is 5.73 Å². The van der Waals surface area contributed by atoms with Crippen LogP contribution in [0.25, 0.3) is 0 Å². The largest absolute Gasteiger partial charge is 0.611 e. The fourth-order valence-electron chi connectivity index (χ4n) is 2.14. The maximum atomic E-state index is 14.3. The molecule has 1 aromatic rings. The molecule has 3 atom stereocenters. The summed E-state index contributed by atoms with van der Waals surface area (Å²) in [5.74, 6) is -4.10. The first kappa shape index (κ1) is 19.6. The molecule has 0 aliphatic heterocycles. The van der Waals surface area contributed by atoms with Crippen molar-refractivity contribution in [2.24, 2.45) is 0 Å². The van der Waals surface area contributed by atoms with E-state index in [1.165, 1.54) is 0 Å². The van der Waals surface area contributed by atoms with Gasteiger partial charge in [0.1, 0.15) is 11.7 Å². The van der Waals surface area contributed by atoms with Crippen LogP contribution >= 0.6 is 0 Å². The molecule has 0 amide bonds. The van der Waals surface area contributed by atoms with E-state index in [9.17, 15) is 35.3 Å². The van der Waals surface area contributed by atoms with Crippen molar-refractivity contribution in [2.75, 3.05) is 11.5 Å². The fraction of sp³-hybridized carbons (Fsp3) is 0.500. The van der Waals surface area contributed by atoms with Crippen LogP contribution in [0.5, 0.6) is 0 Å². The number of hydrogen-bond acceptors (Lipinski definition) is 4. The van der Waals surface area contributed by atoms with E-state index < -0.39 is 57.7 Å². The summed E-state index contributed by atoms with van der Waals surface area (Å²) in [6.45, 7) is 1.05. The zero-order chi connectivity index (χ0) is 19.2. The van der Waals surface area contributed by atoms with Gasteiger partial charge < -0.3 is 10.3 Å². The lowest BCUT2D eigenvalue weighted by Crippen LogP contribution is -2.41. The van der Waals surface area contributed by atoms with Crippen molar-refractivity contribution in [1.29, 1.82) is 0 Å². The molecule has 0 radical (unpaired) electrons. The van der Waals surface area contributed by atoms with E-state index in [-0.39, 0.29) is 0 Å². The Morgan fingerprint density at radius 1 is 1.32 bits per heavy atom. The summed E-state index contributed by atoms with van der Waals surface area (Å²) < 4.78 is 102. The highest BCUT2D eigenvalue weighted by Crippen LogP contribution is 2.37. The van der Waals surface area contributed by atoms with Crippen LogP contribution in [0.15, 0.2) is 23.1 Å². The Morgan fingerprint density at radius 2 is 1.92 bits per heavy atom. The second-order valence-corrected chi connectivity index (χ2v) is 6.79. The number of nitrogens with two attached hydrogens (primary N) is 1. The van der Waals surface area contributed by atoms with E-state index in [4.69, 9.17) is 5.73 Å². The maximum Gasteiger partial charge on any atom is 0.453 e. The Balaban J connectivity index is 2.44. The van der Waals surface area contributed by atoms with Gasteiger partial charge in [-0.15, -0.1) is 5.10 Å². The number of nitrogens with zero attached hydrogens (tertiary/aromatic N) is 3. The van der Waals surface area contributed by atoms with Gasteiger partial charge in [0.25, 0.3) is 5.82 Å². The molecular formula is C12H11F7N4OS. The van der Waals surface area contributed by atoms with Crippen LogP contribution in [0.2, 0.25) is 0 Å². The number of aromatic nitrogens is 3. The van der Waals surface area contributed by atoms with Gasteiger partial charge in [0.15, 0.2) is 4.91 Å². The molecule has 140 valence electrons. The molecule has 2 N–H and O–H groups in total. The van der Waals surface area contributed by atoms with Gasteiger partial charge >= 0.3 is 12.4 Å². The van der Waals surface area contributed by atoms with Crippen molar-refractivity contribution in [3.8, 4) is 0 Å². The average molecular weight is 392 g/mol. The van der Waals surface area contributed by atoms with Crippen LogP contribution in [-0.2, 0) is 22.9 Å². The number of hydrogen-bond donors (Lipinski definition) is 1. The fourth-order valence-corrected chi connectivity index (χ4v) is 3.20. The number of halogens is 7. The SMILES string of the molecule is CC1(n2nc(C(F)(F)F)nc2N)C=C([S+]([O-])CC(F)(F)F)C=CC1F. The highest BCUT2D eigenvalue weighted by molar-refractivity contribution is 7.95. The second kappa shape index (κ2) is 6.20. The lowest BCUT2D eigenvalue weighted by molar-refractivity contribution is -0.145. The van der Waals surface area contributed by atoms with Crippen LogP contribution in [0.3, 0.4) is 0 Å². The van der Waals surface area contributed by atoms with E-state index in [1.807, 2.05) is 0 Å². The minimum atomic E-state index is -4.95. The van der Waals surface area contributed by atoms with Gasteiger partial charge in [0.05, 0.1) is 0 Å². The molecule has 3 unspecified atom stereocenters. The number of rotatable bonds is 3. The molecular weight excluding hydrogens is 381 g/mol. The van der Waals surface area contributed by atoms with Crippen LogP contribution in [0.1, 0.15) is 12.7 Å². The predicted molar refractivity (Wildman–Crippen MR) is 74.3 cm³/mol. The molecule has 1 heterocycles. The third-order valence-corrected chi connectivity index (χ3v) is 4.69. The molecule has 13 heteroatoms. The Labute approximate surface area is 139 Å². The van der Waals surface area contributed by atoms with Crippen molar-refractivity contribution < 1.29 is 35.3 Å². The highest BCUT2D eigenvalue weighted by Gasteiger charge is 2.45. The summed E-state index contributed by atoms with van der Waals surface area (Å²) in [6.07, 6.45) is -9.20. The Kier molecular flexibility index (Phi) is 4.85. The smallest absolute Gasteiger partial charge is 0.453 e. The number of alkyl halides is 7. The Bertz CT molecular complexity index is 711. The van der Waals surface area contributed by atoms with Crippen molar-refractivity contribution >= 4 is 17.1 Å². The standard InChI is InChI=1S/C12H11F7N4OS/c1-10(23-9(20)21-8(22-23)12(17,18)19)4-6(2-3-7(10)13)25(24)5-11(14,15)16/h2-4,7H,5H2,1H3,(H2,20,21,22). The summed E-state index contributed by atoms with van der Waals surface area (Å²) in [6, 6.07) is 0. The first-order chi connectivity index (χ1) is 11.2. The van der Waals surface area contributed by atoms with E-state index in [0.717, 1.165) is 25.2 Å². The predicted octanol–water partition coefficient (Wildman–Crippen LogP) is 2.70. The summed E-state index contributed by atoms with van der Waals surface area (Å²) >= 11 is -2.57. The van der Waals surface area contributed by atoms with E-state index >= 15 is 0 Å². The van der Waals surface area contributed by atoms with Gasteiger partial charge in [-0.05, 0) is 30.3 Å². The zero-order valence-corrected chi connectivity index (χ0v) is 13.2. The molecule has 5 nitrogen and oxygen atoms in total. The molecule has 0 bridgehead atoms. The van der Waals surface area contributed by atoms with Gasteiger partial charge in [0, 0.05) is 6.08 Å². The number of nitrogen functional groups attached to an aromatic ring is 1. The highest BCUT2D eigenvalue weighted by atomic mass is 32.2. The van der Waals surface area contributed by atoms with Gasteiger partial charge in [0.2, 0.25) is 11.7 Å². The minimum absolute atomic E-state index is 0.405. The normalized spacial score (nSPS) is 25.8. The molecule has 0 saturated heterocycles. The van der Waals surface area contributed by atoms with E-state index in [1.54, 1.807) is 0 Å². The molecule has 1 aromatic heterocycles. The second-order valence-electron chi connectivity index (χ2n) is 5.34. The number of allylic oxidation sites excluding steroid dienone is 3.